The molecule has 146 valence electrons. The van der Waals surface area contributed by atoms with Crippen molar-refractivity contribution in [3.8, 4) is 5.88 Å². The second-order valence-corrected chi connectivity index (χ2v) is 6.81. The predicted molar refractivity (Wildman–Crippen MR) is 111 cm³/mol. The van der Waals surface area contributed by atoms with E-state index >= 15 is 0 Å². The van der Waals surface area contributed by atoms with Gasteiger partial charge in [-0.1, -0.05) is 30.3 Å². The lowest BCUT2D eigenvalue weighted by Gasteiger charge is -2.15. The molecule has 1 saturated heterocycles. The number of carbonyl (C=O) groups is 2. The van der Waals surface area contributed by atoms with Crippen molar-refractivity contribution >= 4 is 23.2 Å². The fourth-order valence-electron chi connectivity index (χ4n) is 3.19. The maximum Gasteiger partial charge on any atom is 0.255 e. The minimum Gasteiger partial charge on any atom is -0.473 e. The molecule has 29 heavy (non-hydrogen) atoms. The van der Waals surface area contributed by atoms with Crippen LogP contribution in [-0.4, -0.2) is 23.3 Å². The number of pyridine rings is 1. The molecule has 4 rings (SSSR count). The number of benzene rings is 2. The summed E-state index contributed by atoms with van der Waals surface area (Å²) in [7, 11) is 0. The summed E-state index contributed by atoms with van der Waals surface area (Å²) in [6.45, 7) is 1.17. The molecule has 1 aromatic heterocycles. The first kappa shape index (κ1) is 18.7. The van der Waals surface area contributed by atoms with Crippen LogP contribution in [-0.2, 0) is 11.4 Å². The molecule has 0 aliphatic carbocycles. The molecule has 1 N–H and O–H groups in total. The quantitative estimate of drug-likeness (QED) is 0.693. The van der Waals surface area contributed by atoms with E-state index < -0.39 is 0 Å². The molecule has 1 fully saturated rings. The monoisotopic (exact) mass is 387 g/mol. The smallest absolute Gasteiger partial charge is 0.255 e. The van der Waals surface area contributed by atoms with Crippen molar-refractivity contribution in [3.63, 3.8) is 0 Å². The van der Waals surface area contributed by atoms with Gasteiger partial charge in [0.15, 0.2) is 0 Å². The lowest BCUT2D eigenvalue weighted by Crippen LogP contribution is -2.23. The van der Waals surface area contributed by atoms with Crippen molar-refractivity contribution in [2.24, 2.45) is 0 Å². The van der Waals surface area contributed by atoms with Crippen molar-refractivity contribution in [1.82, 2.24) is 4.98 Å². The van der Waals surface area contributed by atoms with Gasteiger partial charge in [-0.25, -0.2) is 4.98 Å². The van der Waals surface area contributed by atoms with Gasteiger partial charge in [-0.2, -0.15) is 0 Å². The molecule has 0 unspecified atom stereocenters. The summed E-state index contributed by atoms with van der Waals surface area (Å²) in [5, 5.41) is 2.82. The number of carbonyl (C=O) groups excluding carboxylic acids is 2. The molecular weight excluding hydrogens is 366 g/mol. The zero-order valence-corrected chi connectivity index (χ0v) is 15.9. The highest BCUT2D eigenvalue weighted by Gasteiger charge is 2.21. The van der Waals surface area contributed by atoms with E-state index in [1.807, 2.05) is 30.3 Å². The van der Waals surface area contributed by atoms with E-state index in [-0.39, 0.29) is 11.8 Å². The van der Waals surface area contributed by atoms with Gasteiger partial charge in [0.1, 0.15) is 6.61 Å². The summed E-state index contributed by atoms with van der Waals surface area (Å²) < 4.78 is 5.65. The molecule has 6 nitrogen and oxygen atoms in total. The van der Waals surface area contributed by atoms with Crippen LogP contribution in [0.15, 0.2) is 72.9 Å². The first-order chi connectivity index (χ1) is 14.2. The summed E-state index contributed by atoms with van der Waals surface area (Å²) in [4.78, 5) is 30.3. The first-order valence-corrected chi connectivity index (χ1v) is 9.53. The van der Waals surface area contributed by atoms with E-state index in [2.05, 4.69) is 10.3 Å². The van der Waals surface area contributed by atoms with Gasteiger partial charge in [-0.15, -0.1) is 0 Å². The van der Waals surface area contributed by atoms with E-state index in [0.29, 0.717) is 30.2 Å². The van der Waals surface area contributed by atoms with E-state index in [1.165, 1.54) is 0 Å². The third kappa shape index (κ3) is 4.60. The van der Waals surface area contributed by atoms with Crippen LogP contribution < -0.4 is 15.0 Å². The number of aromatic nitrogens is 1. The SMILES string of the molecule is O=C(Nc1ccc(OCc2ccccc2)nc1)c1ccc(N2CCCC2=O)cc1. The number of anilines is 2. The lowest BCUT2D eigenvalue weighted by atomic mass is 10.2. The Morgan fingerprint density at radius 2 is 1.83 bits per heavy atom. The summed E-state index contributed by atoms with van der Waals surface area (Å²) in [5.41, 5.74) is 2.99. The minimum absolute atomic E-state index is 0.128. The van der Waals surface area contributed by atoms with Gasteiger partial charge in [0, 0.05) is 30.3 Å². The Hall–Kier alpha value is -3.67. The van der Waals surface area contributed by atoms with Gasteiger partial charge in [0.25, 0.3) is 5.91 Å². The lowest BCUT2D eigenvalue weighted by molar-refractivity contribution is -0.117. The van der Waals surface area contributed by atoms with Gasteiger partial charge >= 0.3 is 0 Å². The topological polar surface area (TPSA) is 71.5 Å². The summed E-state index contributed by atoms with van der Waals surface area (Å²) in [6.07, 6.45) is 3.02. The van der Waals surface area contributed by atoms with Crippen LogP contribution >= 0.6 is 0 Å². The first-order valence-electron chi connectivity index (χ1n) is 9.53. The van der Waals surface area contributed by atoms with Gasteiger partial charge < -0.3 is 15.0 Å². The summed E-state index contributed by atoms with van der Waals surface area (Å²) >= 11 is 0. The van der Waals surface area contributed by atoms with Crippen molar-refractivity contribution in [1.29, 1.82) is 0 Å². The molecule has 0 bridgehead atoms. The normalized spacial score (nSPS) is 13.4. The van der Waals surface area contributed by atoms with Gasteiger partial charge in [-0.05, 0) is 42.3 Å². The van der Waals surface area contributed by atoms with E-state index in [1.54, 1.807) is 47.5 Å². The Kier molecular flexibility index (Phi) is 5.52. The highest BCUT2D eigenvalue weighted by Crippen LogP contribution is 2.22. The van der Waals surface area contributed by atoms with Gasteiger partial charge in [-0.3, -0.25) is 9.59 Å². The highest BCUT2D eigenvalue weighted by molar-refractivity contribution is 6.04. The van der Waals surface area contributed by atoms with Crippen molar-refractivity contribution < 1.29 is 14.3 Å². The number of nitrogens with zero attached hydrogens (tertiary/aromatic N) is 2. The maximum atomic E-state index is 12.5. The molecule has 2 heterocycles. The van der Waals surface area contributed by atoms with Crippen molar-refractivity contribution in [2.45, 2.75) is 19.4 Å². The second kappa shape index (κ2) is 8.56. The minimum atomic E-state index is -0.232. The predicted octanol–water partition coefficient (Wildman–Crippen LogP) is 4.04. The molecule has 1 aliphatic rings. The van der Waals surface area contributed by atoms with Crippen LogP contribution in [0.1, 0.15) is 28.8 Å². The fraction of sp³-hybridized carbons (Fsp3) is 0.174. The van der Waals surface area contributed by atoms with Gasteiger partial charge in [0.2, 0.25) is 11.8 Å². The number of hydrogen-bond donors (Lipinski definition) is 1. The van der Waals surface area contributed by atoms with Crippen LogP contribution in [0, 0.1) is 0 Å². The van der Waals surface area contributed by atoms with Crippen LogP contribution in [0.2, 0.25) is 0 Å². The average Bonchev–Trinajstić information content (AvgIpc) is 3.20. The van der Waals surface area contributed by atoms with E-state index in [4.69, 9.17) is 4.74 Å². The van der Waals surface area contributed by atoms with Crippen molar-refractivity contribution in [3.05, 3.63) is 84.1 Å². The third-order valence-corrected chi connectivity index (χ3v) is 4.74. The standard InChI is InChI=1S/C23H21N3O3/c27-22-7-4-14-26(22)20-11-8-18(9-12-20)23(28)25-19-10-13-21(24-15-19)29-16-17-5-2-1-3-6-17/h1-3,5-6,8-13,15H,4,7,14,16H2,(H,25,28). The number of ether oxygens (including phenoxy) is 1. The molecule has 0 saturated carbocycles. The average molecular weight is 387 g/mol. The molecule has 1 aliphatic heterocycles. The zero-order valence-electron chi connectivity index (χ0n) is 15.9. The van der Waals surface area contributed by atoms with Crippen LogP contribution in [0.3, 0.4) is 0 Å². The van der Waals surface area contributed by atoms with Crippen LogP contribution in [0.5, 0.6) is 5.88 Å². The molecule has 0 spiro atoms. The van der Waals surface area contributed by atoms with E-state index in [0.717, 1.165) is 24.2 Å². The second-order valence-electron chi connectivity index (χ2n) is 6.81. The van der Waals surface area contributed by atoms with Crippen molar-refractivity contribution in [2.75, 3.05) is 16.8 Å². The van der Waals surface area contributed by atoms with Crippen LogP contribution in [0.4, 0.5) is 11.4 Å². The highest BCUT2D eigenvalue weighted by atomic mass is 16.5. The molecule has 0 radical (unpaired) electrons. The number of nitrogens with one attached hydrogen (secondary N) is 1. The molecular formula is C23H21N3O3. The third-order valence-electron chi connectivity index (χ3n) is 4.74. The Morgan fingerprint density at radius 1 is 1.03 bits per heavy atom. The Balaban J connectivity index is 1.34. The Bertz CT molecular complexity index is 986. The number of amides is 2. The molecule has 2 amide bonds. The van der Waals surface area contributed by atoms with Crippen LogP contribution in [0.25, 0.3) is 0 Å². The summed E-state index contributed by atoms with van der Waals surface area (Å²) in [6, 6.07) is 20.4. The van der Waals surface area contributed by atoms with Gasteiger partial charge in [0.05, 0.1) is 11.9 Å². The molecule has 6 heteroatoms. The van der Waals surface area contributed by atoms with E-state index in [9.17, 15) is 9.59 Å². The Labute approximate surface area is 169 Å². The fourth-order valence-corrected chi connectivity index (χ4v) is 3.19. The summed E-state index contributed by atoms with van der Waals surface area (Å²) in [5.74, 6) is 0.387. The number of hydrogen-bond acceptors (Lipinski definition) is 4. The molecule has 3 aromatic rings. The Morgan fingerprint density at radius 3 is 2.48 bits per heavy atom. The zero-order chi connectivity index (χ0) is 20.1. The molecule has 0 atom stereocenters. The number of rotatable bonds is 6. The largest absolute Gasteiger partial charge is 0.473 e. The maximum absolute atomic E-state index is 12.5. The molecule has 2 aromatic carbocycles.